The predicted octanol–water partition coefficient (Wildman–Crippen LogP) is 2.19. The smallest absolute Gasteiger partial charge is 0.0165 e. The summed E-state index contributed by atoms with van der Waals surface area (Å²) in [7, 11) is 0. The van der Waals surface area contributed by atoms with Gasteiger partial charge >= 0.3 is 0 Å². The number of nitrogens with zero attached hydrogens (tertiary/aromatic N) is 1. The van der Waals surface area contributed by atoms with Crippen molar-refractivity contribution in [1.82, 2.24) is 10.2 Å². The van der Waals surface area contributed by atoms with E-state index in [-0.39, 0.29) is 0 Å². The number of likely N-dealkylation sites (tertiary alicyclic amines) is 1. The Morgan fingerprint density at radius 2 is 2.07 bits per heavy atom. The molecule has 0 bridgehead atoms. The standard InChI is InChI=1S/C13H24N2/c1-4-8-14-13-6-10-15(11-7-13)9-5-12(2)3/h4-5,13-14H,1,6-11H2,2-3H3. The summed E-state index contributed by atoms with van der Waals surface area (Å²) in [5.41, 5.74) is 1.42. The van der Waals surface area contributed by atoms with E-state index in [9.17, 15) is 0 Å². The predicted molar refractivity (Wildman–Crippen MR) is 67.1 cm³/mol. The van der Waals surface area contributed by atoms with Crippen molar-refractivity contribution in [2.45, 2.75) is 32.7 Å². The molecule has 15 heavy (non-hydrogen) atoms. The third kappa shape index (κ3) is 5.14. The maximum atomic E-state index is 3.73. The Hall–Kier alpha value is -0.600. The molecule has 0 unspecified atom stereocenters. The van der Waals surface area contributed by atoms with Crippen LogP contribution in [0.2, 0.25) is 0 Å². The van der Waals surface area contributed by atoms with Gasteiger partial charge in [0.25, 0.3) is 0 Å². The summed E-state index contributed by atoms with van der Waals surface area (Å²) in [6, 6.07) is 0.700. The van der Waals surface area contributed by atoms with Crippen LogP contribution in [-0.2, 0) is 0 Å². The van der Waals surface area contributed by atoms with E-state index in [4.69, 9.17) is 0 Å². The lowest BCUT2D eigenvalue weighted by atomic mass is 10.1. The zero-order valence-electron chi connectivity index (χ0n) is 10.1. The van der Waals surface area contributed by atoms with Crippen LogP contribution >= 0.6 is 0 Å². The number of allylic oxidation sites excluding steroid dienone is 1. The molecule has 2 heteroatoms. The molecule has 1 heterocycles. The summed E-state index contributed by atoms with van der Waals surface area (Å²) in [6.07, 6.45) is 6.79. The van der Waals surface area contributed by atoms with E-state index in [0.717, 1.165) is 13.1 Å². The van der Waals surface area contributed by atoms with Gasteiger partial charge in [0.1, 0.15) is 0 Å². The SMILES string of the molecule is C=CCNC1CCN(CC=C(C)C)CC1. The van der Waals surface area contributed by atoms with Crippen LogP contribution in [0.5, 0.6) is 0 Å². The molecule has 1 saturated heterocycles. The maximum Gasteiger partial charge on any atom is 0.0165 e. The fourth-order valence-corrected chi connectivity index (χ4v) is 1.88. The molecule has 86 valence electrons. The minimum absolute atomic E-state index is 0.700. The molecule has 1 aliphatic heterocycles. The van der Waals surface area contributed by atoms with Crippen LogP contribution < -0.4 is 5.32 Å². The molecule has 0 amide bonds. The van der Waals surface area contributed by atoms with Gasteiger partial charge in [-0.2, -0.15) is 0 Å². The van der Waals surface area contributed by atoms with E-state index in [1.807, 2.05) is 6.08 Å². The Labute approximate surface area is 94.0 Å². The lowest BCUT2D eigenvalue weighted by Gasteiger charge is -2.31. The second kappa shape index (κ2) is 6.81. The highest BCUT2D eigenvalue weighted by atomic mass is 15.1. The molecule has 0 aromatic rings. The third-order valence-corrected chi connectivity index (χ3v) is 2.90. The van der Waals surface area contributed by atoms with E-state index in [0.29, 0.717) is 6.04 Å². The molecule has 1 fully saturated rings. The average Bonchev–Trinajstić information content (AvgIpc) is 2.25. The molecule has 0 aromatic carbocycles. The van der Waals surface area contributed by atoms with Crippen LogP contribution in [0.1, 0.15) is 26.7 Å². The van der Waals surface area contributed by atoms with E-state index in [1.165, 1.54) is 31.5 Å². The molecule has 0 aliphatic carbocycles. The highest BCUT2D eigenvalue weighted by Crippen LogP contribution is 2.10. The molecule has 0 aromatic heterocycles. The Kier molecular flexibility index (Phi) is 5.66. The van der Waals surface area contributed by atoms with Gasteiger partial charge in [0.15, 0.2) is 0 Å². The summed E-state index contributed by atoms with van der Waals surface area (Å²) < 4.78 is 0. The van der Waals surface area contributed by atoms with E-state index in [1.54, 1.807) is 0 Å². The zero-order chi connectivity index (χ0) is 11.1. The van der Waals surface area contributed by atoms with Crippen LogP contribution in [0.3, 0.4) is 0 Å². The molecule has 0 radical (unpaired) electrons. The van der Waals surface area contributed by atoms with E-state index >= 15 is 0 Å². The molecule has 1 N–H and O–H groups in total. The summed E-state index contributed by atoms with van der Waals surface area (Å²) in [6.45, 7) is 12.6. The van der Waals surface area contributed by atoms with Crippen molar-refractivity contribution in [2.24, 2.45) is 0 Å². The maximum absolute atomic E-state index is 3.73. The zero-order valence-corrected chi connectivity index (χ0v) is 10.1. The third-order valence-electron chi connectivity index (χ3n) is 2.90. The molecular weight excluding hydrogens is 184 g/mol. The van der Waals surface area contributed by atoms with Gasteiger partial charge in [-0.25, -0.2) is 0 Å². The van der Waals surface area contributed by atoms with Gasteiger partial charge in [-0.15, -0.1) is 6.58 Å². The van der Waals surface area contributed by atoms with Crippen molar-refractivity contribution in [3.05, 3.63) is 24.3 Å². The first kappa shape index (κ1) is 12.5. The largest absolute Gasteiger partial charge is 0.310 e. The van der Waals surface area contributed by atoms with Gasteiger partial charge in [0.2, 0.25) is 0 Å². The topological polar surface area (TPSA) is 15.3 Å². The Balaban J connectivity index is 2.17. The summed E-state index contributed by atoms with van der Waals surface area (Å²) >= 11 is 0. The van der Waals surface area contributed by atoms with Gasteiger partial charge in [0, 0.05) is 19.1 Å². The second-order valence-corrected chi connectivity index (χ2v) is 4.55. The summed E-state index contributed by atoms with van der Waals surface area (Å²) in [5, 5.41) is 3.50. The van der Waals surface area contributed by atoms with Crippen LogP contribution in [0.25, 0.3) is 0 Å². The fraction of sp³-hybridized carbons (Fsp3) is 0.692. The van der Waals surface area contributed by atoms with Crippen molar-refractivity contribution in [2.75, 3.05) is 26.2 Å². The highest BCUT2D eigenvalue weighted by Gasteiger charge is 2.16. The Bertz CT molecular complexity index is 209. The van der Waals surface area contributed by atoms with Crippen molar-refractivity contribution >= 4 is 0 Å². The lowest BCUT2D eigenvalue weighted by Crippen LogP contribution is -2.42. The van der Waals surface area contributed by atoms with Crippen LogP contribution in [0.15, 0.2) is 24.3 Å². The van der Waals surface area contributed by atoms with E-state index < -0.39 is 0 Å². The average molecular weight is 208 g/mol. The number of rotatable bonds is 5. The van der Waals surface area contributed by atoms with Gasteiger partial charge in [-0.1, -0.05) is 17.7 Å². The van der Waals surface area contributed by atoms with Crippen molar-refractivity contribution in [3.8, 4) is 0 Å². The Morgan fingerprint density at radius 1 is 1.40 bits per heavy atom. The van der Waals surface area contributed by atoms with Gasteiger partial charge in [-0.3, -0.25) is 4.90 Å². The van der Waals surface area contributed by atoms with Crippen molar-refractivity contribution in [1.29, 1.82) is 0 Å². The van der Waals surface area contributed by atoms with E-state index in [2.05, 4.69) is 36.7 Å². The highest BCUT2D eigenvalue weighted by molar-refractivity contribution is 4.95. The van der Waals surface area contributed by atoms with Gasteiger partial charge < -0.3 is 5.32 Å². The number of hydrogen-bond acceptors (Lipinski definition) is 2. The fourth-order valence-electron chi connectivity index (χ4n) is 1.88. The van der Waals surface area contributed by atoms with Gasteiger partial charge in [-0.05, 0) is 39.8 Å². The monoisotopic (exact) mass is 208 g/mol. The summed E-state index contributed by atoms with van der Waals surface area (Å²) in [4.78, 5) is 2.53. The van der Waals surface area contributed by atoms with Crippen molar-refractivity contribution < 1.29 is 0 Å². The number of piperidine rings is 1. The first-order chi connectivity index (χ1) is 7.22. The minimum Gasteiger partial charge on any atom is -0.310 e. The molecular formula is C13H24N2. The molecule has 1 rings (SSSR count). The minimum atomic E-state index is 0.700. The van der Waals surface area contributed by atoms with Crippen molar-refractivity contribution in [3.63, 3.8) is 0 Å². The van der Waals surface area contributed by atoms with Crippen LogP contribution in [0, 0.1) is 0 Å². The molecule has 0 saturated carbocycles. The Morgan fingerprint density at radius 3 is 2.60 bits per heavy atom. The number of hydrogen-bond donors (Lipinski definition) is 1. The molecule has 0 spiro atoms. The first-order valence-corrected chi connectivity index (χ1v) is 5.92. The number of nitrogens with one attached hydrogen (secondary N) is 1. The lowest BCUT2D eigenvalue weighted by molar-refractivity contribution is 0.217. The molecule has 1 aliphatic rings. The van der Waals surface area contributed by atoms with Crippen LogP contribution in [-0.4, -0.2) is 37.1 Å². The molecule has 2 nitrogen and oxygen atoms in total. The second-order valence-electron chi connectivity index (χ2n) is 4.55. The molecule has 0 atom stereocenters. The summed E-state index contributed by atoms with van der Waals surface area (Å²) in [5.74, 6) is 0. The van der Waals surface area contributed by atoms with Crippen LogP contribution in [0.4, 0.5) is 0 Å². The normalized spacial score (nSPS) is 18.8. The quantitative estimate of drug-likeness (QED) is 0.697. The first-order valence-electron chi connectivity index (χ1n) is 5.92. The van der Waals surface area contributed by atoms with Gasteiger partial charge in [0.05, 0.1) is 0 Å².